The van der Waals surface area contributed by atoms with Crippen molar-refractivity contribution in [3.8, 4) is 0 Å². The summed E-state index contributed by atoms with van der Waals surface area (Å²) in [5, 5.41) is 2.62. The molecule has 148 valence electrons. The Hall–Kier alpha value is -1.97. The van der Waals surface area contributed by atoms with Crippen LogP contribution in [0.5, 0.6) is 0 Å². The summed E-state index contributed by atoms with van der Waals surface area (Å²) in [6.45, 7) is 8.00. The maximum atomic E-state index is 12.9. The largest absolute Gasteiger partial charge is 0.336 e. The highest BCUT2D eigenvalue weighted by atomic mass is 32.2. The van der Waals surface area contributed by atoms with Gasteiger partial charge in [-0.15, -0.1) is 0 Å². The molecule has 8 nitrogen and oxygen atoms in total. The minimum Gasteiger partial charge on any atom is -0.336 e. The van der Waals surface area contributed by atoms with Crippen molar-refractivity contribution in [3.63, 3.8) is 0 Å². The Morgan fingerprint density at radius 1 is 1.07 bits per heavy atom. The van der Waals surface area contributed by atoms with E-state index in [1.165, 1.54) is 9.21 Å². The molecule has 0 unspecified atom stereocenters. The number of carbonyl (C=O) groups is 2. The number of aryl methyl sites for hydroxylation is 2. The highest BCUT2D eigenvalue weighted by molar-refractivity contribution is 7.89. The Kier molecular flexibility index (Phi) is 5.55. The molecule has 3 rings (SSSR count). The third kappa shape index (κ3) is 3.85. The zero-order chi connectivity index (χ0) is 19.8. The number of imide groups is 1. The van der Waals surface area contributed by atoms with E-state index in [-0.39, 0.29) is 11.9 Å². The quantitative estimate of drug-likeness (QED) is 0.806. The van der Waals surface area contributed by atoms with Gasteiger partial charge in [-0.05, 0) is 44.0 Å². The molecule has 0 saturated carbocycles. The van der Waals surface area contributed by atoms with Crippen molar-refractivity contribution in [3.05, 3.63) is 29.3 Å². The monoisotopic (exact) mass is 394 g/mol. The van der Waals surface area contributed by atoms with Crippen LogP contribution in [0.25, 0.3) is 0 Å². The second kappa shape index (κ2) is 7.57. The van der Waals surface area contributed by atoms with E-state index in [0.29, 0.717) is 44.2 Å². The van der Waals surface area contributed by atoms with E-state index in [2.05, 4.69) is 5.32 Å². The van der Waals surface area contributed by atoms with Crippen LogP contribution in [0.4, 0.5) is 4.79 Å². The fourth-order valence-electron chi connectivity index (χ4n) is 3.42. The maximum Gasteiger partial charge on any atom is 0.324 e. The topological polar surface area (TPSA) is 90.0 Å². The number of sulfonamides is 1. The first kappa shape index (κ1) is 19.8. The molecule has 0 radical (unpaired) electrons. The normalized spacial score (nSPS) is 20.6. The van der Waals surface area contributed by atoms with Crippen molar-refractivity contribution >= 4 is 22.0 Å². The zero-order valence-electron chi connectivity index (χ0n) is 15.9. The van der Waals surface area contributed by atoms with Crippen molar-refractivity contribution < 1.29 is 18.0 Å². The molecule has 1 N–H and O–H groups in total. The van der Waals surface area contributed by atoms with Gasteiger partial charge in [0.2, 0.25) is 15.9 Å². The van der Waals surface area contributed by atoms with Gasteiger partial charge in [-0.25, -0.2) is 13.2 Å². The van der Waals surface area contributed by atoms with Crippen molar-refractivity contribution in [2.24, 2.45) is 0 Å². The molecule has 9 heteroatoms. The number of amides is 3. The molecule has 1 aromatic carbocycles. The lowest BCUT2D eigenvalue weighted by Crippen LogP contribution is -2.55. The van der Waals surface area contributed by atoms with E-state index >= 15 is 0 Å². The van der Waals surface area contributed by atoms with Crippen molar-refractivity contribution in [2.75, 3.05) is 39.3 Å². The molecule has 0 bridgehead atoms. The second-order valence-electron chi connectivity index (χ2n) is 7.08. The summed E-state index contributed by atoms with van der Waals surface area (Å²) in [6.07, 6.45) is 0. The smallest absolute Gasteiger partial charge is 0.324 e. The molecule has 2 heterocycles. The first-order valence-corrected chi connectivity index (χ1v) is 10.6. The first-order chi connectivity index (χ1) is 12.7. The highest BCUT2D eigenvalue weighted by Crippen LogP contribution is 2.21. The molecule has 2 fully saturated rings. The van der Waals surface area contributed by atoms with Crippen LogP contribution in [0.15, 0.2) is 23.1 Å². The van der Waals surface area contributed by atoms with Gasteiger partial charge >= 0.3 is 6.03 Å². The van der Waals surface area contributed by atoms with E-state index in [1.807, 2.05) is 24.8 Å². The van der Waals surface area contributed by atoms with Crippen LogP contribution in [0.3, 0.4) is 0 Å². The SMILES string of the molecule is Cc1ccc(S(=O)(=O)N2CCN([C@H](C)C(=O)N3CCNC3=O)CC2)cc1C. The summed E-state index contributed by atoms with van der Waals surface area (Å²) in [4.78, 5) is 27.7. The van der Waals surface area contributed by atoms with Crippen LogP contribution in [0.1, 0.15) is 18.1 Å². The average Bonchev–Trinajstić information content (AvgIpc) is 3.08. The van der Waals surface area contributed by atoms with Crippen molar-refractivity contribution in [2.45, 2.75) is 31.7 Å². The number of nitrogens with one attached hydrogen (secondary N) is 1. The van der Waals surface area contributed by atoms with Gasteiger partial charge in [-0.2, -0.15) is 4.31 Å². The summed E-state index contributed by atoms with van der Waals surface area (Å²) in [5.74, 6) is -0.240. The molecule has 2 saturated heterocycles. The van der Waals surface area contributed by atoms with Gasteiger partial charge < -0.3 is 5.32 Å². The Morgan fingerprint density at radius 2 is 1.74 bits per heavy atom. The third-order valence-electron chi connectivity index (χ3n) is 5.42. The Bertz CT molecular complexity index is 847. The number of nitrogens with zero attached hydrogens (tertiary/aromatic N) is 3. The van der Waals surface area contributed by atoms with E-state index < -0.39 is 16.1 Å². The van der Waals surface area contributed by atoms with Crippen LogP contribution in [-0.2, 0) is 14.8 Å². The van der Waals surface area contributed by atoms with Crippen LogP contribution >= 0.6 is 0 Å². The maximum absolute atomic E-state index is 12.9. The standard InChI is InChI=1S/C18H26N4O4S/c1-13-4-5-16(12-14(13)2)27(25,26)21-10-8-20(9-11-21)15(3)17(23)22-7-6-19-18(22)24/h4-5,12,15H,6-11H2,1-3H3,(H,19,24)/t15-/m1/s1. The lowest BCUT2D eigenvalue weighted by molar-refractivity contribution is -0.133. The number of carbonyl (C=O) groups excluding carboxylic acids is 2. The minimum atomic E-state index is -3.55. The van der Waals surface area contributed by atoms with E-state index in [0.717, 1.165) is 11.1 Å². The summed E-state index contributed by atoms with van der Waals surface area (Å²) in [5.41, 5.74) is 2.00. The van der Waals surface area contributed by atoms with Gasteiger partial charge in [0, 0.05) is 39.3 Å². The average molecular weight is 394 g/mol. The molecule has 2 aliphatic heterocycles. The van der Waals surface area contributed by atoms with Gasteiger partial charge in [0.1, 0.15) is 0 Å². The summed E-state index contributed by atoms with van der Waals surface area (Å²) in [7, 11) is -3.55. The number of benzene rings is 1. The van der Waals surface area contributed by atoms with E-state index in [9.17, 15) is 18.0 Å². The predicted molar refractivity (Wildman–Crippen MR) is 101 cm³/mol. The van der Waals surface area contributed by atoms with Crippen molar-refractivity contribution in [1.82, 2.24) is 19.4 Å². The molecular weight excluding hydrogens is 368 g/mol. The molecule has 0 aliphatic carbocycles. The lowest BCUT2D eigenvalue weighted by atomic mass is 10.1. The molecule has 2 aliphatic rings. The molecular formula is C18H26N4O4S. The molecule has 0 aromatic heterocycles. The number of urea groups is 1. The van der Waals surface area contributed by atoms with Crippen LogP contribution in [-0.4, -0.2) is 79.8 Å². The molecule has 0 spiro atoms. The Labute approximate surface area is 160 Å². The van der Waals surface area contributed by atoms with E-state index in [4.69, 9.17) is 0 Å². The predicted octanol–water partition coefficient (Wildman–Crippen LogP) is 0.550. The number of hydrogen-bond acceptors (Lipinski definition) is 5. The summed E-state index contributed by atoms with van der Waals surface area (Å²) >= 11 is 0. The molecule has 27 heavy (non-hydrogen) atoms. The summed E-state index contributed by atoms with van der Waals surface area (Å²) in [6, 6.07) is 4.35. The van der Waals surface area contributed by atoms with Gasteiger partial charge in [-0.1, -0.05) is 6.07 Å². The fourth-order valence-corrected chi connectivity index (χ4v) is 4.93. The second-order valence-corrected chi connectivity index (χ2v) is 9.02. The minimum absolute atomic E-state index is 0.240. The van der Waals surface area contributed by atoms with E-state index in [1.54, 1.807) is 19.1 Å². The van der Waals surface area contributed by atoms with Crippen molar-refractivity contribution in [1.29, 1.82) is 0 Å². The zero-order valence-corrected chi connectivity index (χ0v) is 16.8. The molecule has 1 atom stereocenters. The van der Waals surface area contributed by atoms with Gasteiger partial charge in [0.15, 0.2) is 0 Å². The summed E-state index contributed by atoms with van der Waals surface area (Å²) < 4.78 is 27.3. The first-order valence-electron chi connectivity index (χ1n) is 9.12. The Morgan fingerprint density at radius 3 is 2.30 bits per heavy atom. The van der Waals surface area contributed by atoms with Crippen LogP contribution in [0, 0.1) is 13.8 Å². The molecule has 3 amide bonds. The number of rotatable bonds is 4. The third-order valence-corrected chi connectivity index (χ3v) is 7.31. The number of hydrogen-bond donors (Lipinski definition) is 1. The molecule has 1 aromatic rings. The van der Waals surface area contributed by atoms with Gasteiger partial charge in [0.05, 0.1) is 10.9 Å². The fraction of sp³-hybridized carbons (Fsp3) is 0.556. The van der Waals surface area contributed by atoms with Gasteiger partial charge in [0.25, 0.3) is 0 Å². The van der Waals surface area contributed by atoms with Crippen LogP contribution < -0.4 is 5.32 Å². The van der Waals surface area contributed by atoms with Gasteiger partial charge in [-0.3, -0.25) is 14.6 Å². The lowest BCUT2D eigenvalue weighted by Gasteiger charge is -2.37. The number of piperazine rings is 1. The Balaban J connectivity index is 1.65. The highest BCUT2D eigenvalue weighted by Gasteiger charge is 2.36. The van der Waals surface area contributed by atoms with Crippen LogP contribution in [0.2, 0.25) is 0 Å².